The van der Waals surface area contributed by atoms with Crippen LogP contribution >= 0.6 is 11.8 Å². The molecule has 8 heteroatoms. The van der Waals surface area contributed by atoms with Crippen LogP contribution in [-0.2, 0) is 11.3 Å². The summed E-state index contributed by atoms with van der Waals surface area (Å²) in [5, 5.41) is 11.9. The molecule has 0 aliphatic rings. The molecule has 0 fully saturated rings. The summed E-state index contributed by atoms with van der Waals surface area (Å²) in [5.74, 6) is 2.02. The zero-order valence-electron chi connectivity index (χ0n) is 14.9. The van der Waals surface area contributed by atoms with E-state index in [9.17, 15) is 4.79 Å². The standard InChI is InChI=1S/C18H20N4O3S/c1-4-22-17(15-6-5-9-25-15)20-21-18(22)26-11-16(23)19-13-10-12(2)7-8-14(13)24-3/h5-10H,4,11H2,1-3H3,(H,19,23). The Morgan fingerprint density at radius 2 is 2.19 bits per heavy atom. The molecule has 2 aromatic heterocycles. The van der Waals surface area contributed by atoms with Crippen LogP contribution in [0.1, 0.15) is 12.5 Å². The Morgan fingerprint density at radius 1 is 1.35 bits per heavy atom. The number of ether oxygens (including phenoxy) is 1. The molecule has 0 aliphatic carbocycles. The molecular formula is C18H20N4O3S. The number of anilines is 1. The molecule has 0 unspecified atom stereocenters. The van der Waals surface area contributed by atoms with Crippen molar-refractivity contribution in [3.8, 4) is 17.3 Å². The number of furan rings is 1. The van der Waals surface area contributed by atoms with Crippen molar-refractivity contribution in [1.29, 1.82) is 0 Å². The fourth-order valence-electron chi connectivity index (χ4n) is 2.50. The van der Waals surface area contributed by atoms with Gasteiger partial charge in [-0.25, -0.2) is 0 Å². The quantitative estimate of drug-likeness (QED) is 0.638. The third kappa shape index (κ3) is 3.91. The molecule has 0 saturated heterocycles. The van der Waals surface area contributed by atoms with E-state index in [2.05, 4.69) is 15.5 Å². The van der Waals surface area contributed by atoms with Gasteiger partial charge in [-0.1, -0.05) is 17.8 Å². The summed E-state index contributed by atoms with van der Waals surface area (Å²) in [5.41, 5.74) is 1.70. The number of hydrogen-bond donors (Lipinski definition) is 1. The van der Waals surface area contributed by atoms with Gasteiger partial charge in [-0.05, 0) is 43.7 Å². The monoisotopic (exact) mass is 372 g/mol. The average Bonchev–Trinajstić information content (AvgIpc) is 3.29. The van der Waals surface area contributed by atoms with Crippen LogP contribution in [0, 0.1) is 6.92 Å². The molecule has 0 bridgehead atoms. The maximum atomic E-state index is 12.3. The summed E-state index contributed by atoms with van der Waals surface area (Å²) in [6.45, 7) is 4.64. The van der Waals surface area contributed by atoms with Gasteiger partial charge in [0, 0.05) is 6.54 Å². The largest absolute Gasteiger partial charge is 0.495 e. The van der Waals surface area contributed by atoms with Crippen LogP contribution in [0.3, 0.4) is 0 Å². The van der Waals surface area contributed by atoms with E-state index in [-0.39, 0.29) is 11.7 Å². The summed E-state index contributed by atoms with van der Waals surface area (Å²) >= 11 is 1.33. The number of carbonyl (C=O) groups is 1. The number of nitrogens with one attached hydrogen (secondary N) is 1. The molecule has 0 atom stereocenters. The Labute approximate surface area is 155 Å². The van der Waals surface area contributed by atoms with Crippen molar-refractivity contribution in [2.45, 2.75) is 25.5 Å². The number of amides is 1. The number of rotatable bonds is 7. The van der Waals surface area contributed by atoms with Gasteiger partial charge >= 0.3 is 0 Å². The summed E-state index contributed by atoms with van der Waals surface area (Å²) < 4.78 is 12.6. The highest BCUT2D eigenvalue weighted by molar-refractivity contribution is 7.99. The first-order valence-corrected chi connectivity index (χ1v) is 9.15. The highest BCUT2D eigenvalue weighted by Gasteiger charge is 2.16. The zero-order chi connectivity index (χ0) is 18.5. The highest BCUT2D eigenvalue weighted by atomic mass is 32.2. The van der Waals surface area contributed by atoms with Gasteiger partial charge in [-0.2, -0.15) is 0 Å². The number of aromatic nitrogens is 3. The third-order valence-electron chi connectivity index (χ3n) is 3.74. The first-order valence-electron chi connectivity index (χ1n) is 8.16. The number of aryl methyl sites for hydroxylation is 1. The Bertz CT molecular complexity index is 890. The van der Waals surface area contributed by atoms with Gasteiger partial charge in [0.2, 0.25) is 5.91 Å². The van der Waals surface area contributed by atoms with Gasteiger partial charge in [-0.15, -0.1) is 10.2 Å². The third-order valence-corrected chi connectivity index (χ3v) is 4.70. The van der Waals surface area contributed by atoms with Gasteiger partial charge in [0.05, 0.1) is 24.8 Å². The lowest BCUT2D eigenvalue weighted by Gasteiger charge is -2.11. The molecule has 26 heavy (non-hydrogen) atoms. The van der Waals surface area contributed by atoms with Crippen LogP contribution in [0.5, 0.6) is 5.75 Å². The minimum atomic E-state index is -0.135. The van der Waals surface area contributed by atoms with E-state index in [0.29, 0.717) is 34.7 Å². The van der Waals surface area contributed by atoms with E-state index >= 15 is 0 Å². The van der Waals surface area contributed by atoms with Crippen molar-refractivity contribution in [2.24, 2.45) is 0 Å². The van der Waals surface area contributed by atoms with E-state index in [0.717, 1.165) is 5.56 Å². The summed E-state index contributed by atoms with van der Waals surface area (Å²) in [7, 11) is 1.58. The minimum absolute atomic E-state index is 0.135. The molecule has 0 spiro atoms. The lowest BCUT2D eigenvalue weighted by Crippen LogP contribution is -2.15. The predicted molar refractivity (Wildman–Crippen MR) is 100 cm³/mol. The number of carbonyl (C=O) groups excluding carboxylic acids is 1. The molecule has 2 heterocycles. The molecule has 0 aliphatic heterocycles. The van der Waals surface area contributed by atoms with Crippen molar-refractivity contribution >= 4 is 23.4 Å². The average molecular weight is 372 g/mol. The Morgan fingerprint density at radius 3 is 2.88 bits per heavy atom. The molecule has 7 nitrogen and oxygen atoms in total. The second-order valence-electron chi connectivity index (χ2n) is 5.57. The van der Waals surface area contributed by atoms with Crippen LogP contribution in [0.4, 0.5) is 5.69 Å². The molecule has 3 rings (SSSR count). The van der Waals surface area contributed by atoms with Crippen LogP contribution in [0.2, 0.25) is 0 Å². The smallest absolute Gasteiger partial charge is 0.234 e. The summed E-state index contributed by atoms with van der Waals surface area (Å²) in [6.07, 6.45) is 1.60. The first kappa shape index (κ1) is 18.1. The molecule has 0 saturated carbocycles. The number of benzene rings is 1. The number of nitrogens with zero attached hydrogens (tertiary/aromatic N) is 3. The van der Waals surface area contributed by atoms with Gasteiger partial charge in [-0.3, -0.25) is 9.36 Å². The maximum absolute atomic E-state index is 12.3. The molecule has 1 aromatic carbocycles. The van der Waals surface area contributed by atoms with Crippen molar-refractivity contribution < 1.29 is 13.9 Å². The summed E-state index contributed by atoms with van der Waals surface area (Å²) in [6, 6.07) is 9.29. The maximum Gasteiger partial charge on any atom is 0.234 e. The number of methoxy groups -OCH3 is 1. The van der Waals surface area contributed by atoms with Crippen molar-refractivity contribution in [3.05, 3.63) is 42.2 Å². The van der Waals surface area contributed by atoms with E-state index in [4.69, 9.17) is 9.15 Å². The molecule has 0 radical (unpaired) electrons. The number of hydrogen-bond acceptors (Lipinski definition) is 6. The van der Waals surface area contributed by atoms with Gasteiger partial charge < -0.3 is 14.5 Å². The van der Waals surface area contributed by atoms with Gasteiger partial charge in [0.25, 0.3) is 0 Å². The predicted octanol–water partition coefficient (Wildman–Crippen LogP) is 3.61. The second kappa shape index (κ2) is 8.09. The molecule has 136 valence electrons. The SMILES string of the molecule is CCn1c(SCC(=O)Nc2cc(C)ccc2OC)nnc1-c1ccco1. The lowest BCUT2D eigenvalue weighted by molar-refractivity contribution is -0.113. The molecule has 1 amide bonds. The number of thioether (sulfide) groups is 1. The zero-order valence-corrected chi connectivity index (χ0v) is 15.7. The van der Waals surface area contributed by atoms with Gasteiger partial charge in [0.1, 0.15) is 5.75 Å². The summed E-state index contributed by atoms with van der Waals surface area (Å²) in [4.78, 5) is 12.3. The highest BCUT2D eigenvalue weighted by Crippen LogP contribution is 2.27. The Hall–Kier alpha value is -2.74. The fraction of sp³-hybridized carbons (Fsp3) is 0.278. The van der Waals surface area contributed by atoms with Gasteiger partial charge in [0.15, 0.2) is 16.7 Å². The molecule has 1 N–H and O–H groups in total. The van der Waals surface area contributed by atoms with E-state index in [1.807, 2.05) is 42.7 Å². The van der Waals surface area contributed by atoms with E-state index in [1.54, 1.807) is 19.4 Å². The van der Waals surface area contributed by atoms with Crippen LogP contribution in [-0.4, -0.2) is 33.5 Å². The first-order chi connectivity index (χ1) is 12.6. The lowest BCUT2D eigenvalue weighted by atomic mass is 10.2. The molecule has 3 aromatic rings. The van der Waals surface area contributed by atoms with Crippen molar-refractivity contribution in [2.75, 3.05) is 18.2 Å². The fourth-order valence-corrected chi connectivity index (χ4v) is 3.31. The second-order valence-corrected chi connectivity index (χ2v) is 6.51. The Kier molecular flexibility index (Phi) is 5.62. The van der Waals surface area contributed by atoms with Crippen LogP contribution in [0.25, 0.3) is 11.6 Å². The topological polar surface area (TPSA) is 82.2 Å². The van der Waals surface area contributed by atoms with E-state index < -0.39 is 0 Å². The minimum Gasteiger partial charge on any atom is -0.495 e. The van der Waals surface area contributed by atoms with Crippen molar-refractivity contribution in [3.63, 3.8) is 0 Å². The van der Waals surface area contributed by atoms with Crippen LogP contribution < -0.4 is 10.1 Å². The van der Waals surface area contributed by atoms with E-state index in [1.165, 1.54) is 11.8 Å². The molecular weight excluding hydrogens is 352 g/mol. The van der Waals surface area contributed by atoms with Crippen molar-refractivity contribution in [1.82, 2.24) is 14.8 Å². The van der Waals surface area contributed by atoms with Crippen LogP contribution in [0.15, 0.2) is 46.2 Å². The normalized spacial score (nSPS) is 10.7. The Balaban J connectivity index is 1.68.